The summed E-state index contributed by atoms with van der Waals surface area (Å²) in [7, 11) is 4.03. The standard InChI is InChI=1S/C11H18N2OS/c1-13(2)7-3-6-11(14)12-9-10-5-4-8-15-10/h4-5,8H,3,6-7,9H2,1-2H3,(H,12,14). The number of rotatable bonds is 6. The van der Waals surface area contributed by atoms with E-state index in [-0.39, 0.29) is 5.91 Å². The summed E-state index contributed by atoms with van der Waals surface area (Å²) in [6.07, 6.45) is 1.53. The number of carbonyl (C=O) groups excluding carboxylic acids is 1. The average Bonchev–Trinajstić information content (AvgIpc) is 2.66. The van der Waals surface area contributed by atoms with E-state index < -0.39 is 0 Å². The lowest BCUT2D eigenvalue weighted by Gasteiger charge is -2.08. The predicted molar refractivity (Wildman–Crippen MR) is 64.0 cm³/mol. The number of hydrogen-bond donors (Lipinski definition) is 1. The average molecular weight is 226 g/mol. The third kappa shape index (κ3) is 5.54. The SMILES string of the molecule is CN(C)CCCC(=O)NCc1cccs1. The number of amides is 1. The summed E-state index contributed by atoms with van der Waals surface area (Å²) < 4.78 is 0. The lowest BCUT2D eigenvalue weighted by atomic mass is 10.3. The van der Waals surface area contributed by atoms with Crippen LogP contribution < -0.4 is 5.32 Å². The molecule has 1 aromatic heterocycles. The number of hydrogen-bond acceptors (Lipinski definition) is 3. The van der Waals surface area contributed by atoms with Gasteiger partial charge in [-0.05, 0) is 38.5 Å². The van der Waals surface area contributed by atoms with Crippen LogP contribution in [0.5, 0.6) is 0 Å². The summed E-state index contributed by atoms with van der Waals surface area (Å²) in [6, 6.07) is 4.03. The molecule has 3 nitrogen and oxygen atoms in total. The van der Waals surface area contributed by atoms with E-state index in [4.69, 9.17) is 0 Å². The van der Waals surface area contributed by atoms with Gasteiger partial charge in [-0.1, -0.05) is 6.07 Å². The van der Waals surface area contributed by atoms with Crippen LogP contribution >= 0.6 is 11.3 Å². The van der Waals surface area contributed by atoms with Gasteiger partial charge in [-0.2, -0.15) is 0 Å². The highest BCUT2D eigenvalue weighted by atomic mass is 32.1. The smallest absolute Gasteiger partial charge is 0.220 e. The molecule has 15 heavy (non-hydrogen) atoms. The lowest BCUT2D eigenvalue weighted by molar-refractivity contribution is -0.121. The molecule has 0 fully saturated rings. The van der Waals surface area contributed by atoms with Gasteiger partial charge in [-0.3, -0.25) is 4.79 Å². The molecule has 1 rings (SSSR count). The van der Waals surface area contributed by atoms with Gasteiger partial charge in [0.05, 0.1) is 6.54 Å². The van der Waals surface area contributed by atoms with E-state index >= 15 is 0 Å². The Morgan fingerprint density at radius 2 is 2.33 bits per heavy atom. The first-order valence-electron chi connectivity index (χ1n) is 5.12. The molecule has 0 aromatic carbocycles. The summed E-state index contributed by atoms with van der Waals surface area (Å²) >= 11 is 1.67. The second-order valence-electron chi connectivity index (χ2n) is 3.76. The molecule has 4 heteroatoms. The fourth-order valence-electron chi connectivity index (χ4n) is 1.24. The minimum absolute atomic E-state index is 0.144. The lowest BCUT2D eigenvalue weighted by Crippen LogP contribution is -2.23. The van der Waals surface area contributed by atoms with Gasteiger partial charge in [0.25, 0.3) is 0 Å². The van der Waals surface area contributed by atoms with Gasteiger partial charge in [-0.15, -0.1) is 11.3 Å². The molecule has 0 aliphatic heterocycles. The van der Waals surface area contributed by atoms with Crippen LogP contribution in [0.3, 0.4) is 0 Å². The molecule has 0 aliphatic carbocycles. The van der Waals surface area contributed by atoms with Crippen LogP contribution in [0.2, 0.25) is 0 Å². The molecule has 0 radical (unpaired) electrons. The highest BCUT2D eigenvalue weighted by Crippen LogP contribution is 2.07. The van der Waals surface area contributed by atoms with Crippen molar-refractivity contribution in [3.8, 4) is 0 Å². The van der Waals surface area contributed by atoms with Crippen molar-refractivity contribution in [3.63, 3.8) is 0 Å². The molecule has 0 spiro atoms. The largest absolute Gasteiger partial charge is 0.351 e. The minimum atomic E-state index is 0.144. The maximum absolute atomic E-state index is 11.4. The van der Waals surface area contributed by atoms with Crippen molar-refractivity contribution >= 4 is 17.2 Å². The van der Waals surface area contributed by atoms with Crippen LogP contribution in [-0.4, -0.2) is 31.4 Å². The maximum atomic E-state index is 11.4. The third-order valence-electron chi connectivity index (χ3n) is 2.05. The Bertz CT molecular complexity index is 283. The normalized spacial score (nSPS) is 10.6. The number of thiophene rings is 1. The second kappa shape index (κ2) is 6.58. The minimum Gasteiger partial charge on any atom is -0.351 e. The Hall–Kier alpha value is -0.870. The van der Waals surface area contributed by atoms with E-state index in [1.54, 1.807) is 11.3 Å². The molecule has 84 valence electrons. The molecule has 1 heterocycles. The Morgan fingerprint density at radius 1 is 1.53 bits per heavy atom. The van der Waals surface area contributed by atoms with E-state index in [0.29, 0.717) is 13.0 Å². The van der Waals surface area contributed by atoms with Gasteiger partial charge >= 0.3 is 0 Å². The fourth-order valence-corrected chi connectivity index (χ4v) is 1.89. The van der Waals surface area contributed by atoms with Crippen molar-refractivity contribution in [2.24, 2.45) is 0 Å². The monoisotopic (exact) mass is 226 g/mol. The summed E-state index contributed by atoms with van der Waals surface area (Å²) in [5.74, 6) is 0.144. The van der Waals surface area contributed by atoms with Crippen molar-refractivity contribution in [2.45, 2.75) is 19.4 Å². The van der Waals surface area contributed by atoms with Crippen LogP contribution in [0, 0.1) is 0 Å². The quantitative estimate of drug-likeness (QED) is 0.801. The van der Waals surface area contributed by atoms with Gasteiger partial charge in [0, 0.05) is 11.3 Å². The second-order valence-corrected chi connectivity index (χ2v) is 4.80. The zero-order valence-electron chi connectivity index (χ0n) is 9.32. The van der Waals surface area contributed by atoms with Gasteiger partial charge in [-0.25, -0.2) is 0 Å². The van der Waals surface area contributed by atoms with Gasteiger partial charge < -0.3 is 10.2 Å². The fraction of sp³-hybridized carbons (Fsp3) is 0.545. The zero-order valence-corrected chi connectivity index (χ0v) is 10.1. The van der Waals surface area contributed by atoms with Gasteiger partial charge in [0.15, 0.2) is 0 Å². The summed E-state index contributed by atoms with van der Waals surface area (Å²) in [4.78, 5) is 14.7. The maximum Gasteiger partial charge on any atom is 0.220 e. The molecule has 1 amide bonds. The van der Waals surface area contributed by atoms with E-state index in [1.165, 1.54) is 4.88 Å². The van der Waals surface area contributed by atoms with Crippen molar-refractivity contribution in [1.29, 1.82) is 0 Å². The molecule has 0 aliphatic rings. The highest BCUT2D eigenvalue weighted by molar-refractivity contribution is 7.09. The van der Waals surface area contributed by atoms with E-state index in [9.17, 15) is 4.79 Å². The van der Waals surface area contributed by atoms with Crippen molar-refractivity contribution < 1.29 is 4.79 Å². The van der Waals surface area contributed by atoms with Gasteiger partial charge in [0.2, 0.25) is 5.91 Å². The molecular weight excluding hydrogens is 208 g/mol. The predicted octanol–water partition coefficient (Wildman–Crippen LogP) is 1.71. The Balaban J connectivity index is 2.09. The molecule has 1 aromatic rings. The van der Waals surface area contributed by atoms with Crippen LogP contribution in [0.4, 0.5) is 0 Å². The van der Waals surface area contributed by atoms with Crippen molar-refractivity contribution in [2.75, 3.05) is 20.6 Å². The van der Waals surface area contributed by atoms with E-state index in [1.807, 2.05) is 31.6 Å². The third-order valence-corrected chi connectivity index (χ3v) is 2.93. The first kappa shape index (κ1) is 12.2. The van der Waals surface area contributed by atoms with Crippen LogP contribution in [0.15, 0.2) is 17.5 Å². The Labute approximate surface area is 95.1 Å². The molecule has 0 saturated heterocycles. The van der Waals surface area contributed by atoms with E-state index in [2.05, 4.69) is 10.2 Å². The van der Waals surface area contributed by atoms with Crippen molar-refractivity contribution in [3.05, 3.63) is 22.4 Å². The topological polar surface area (TPSA) is 32.3 Å². The number of carbonyl (C=O) groups is 1. The first-order chi connectivity index (χ1) is 7.18. The van der Waals surface area contributed by atoms with Crippen LogP contribution in [0.1, 0.15) is 17.7 Å². The Morgan fingerprint density at radius 3 is 2.93 bits per heavy atom. The Kier molecular flexibility index (Phi) is 5.36. The summed E-state index contributed by atoms with van der Waals surface area (Å²) in [5, 5.41) is 4.93. The molecule has 0 atom stereocenters. The number of nitrogens with one attached hydrogen (secondary N) is 1. The molecule has 0 bridgehead atoms. The highest BCUT2D eigenvalue weighted by Gasteiger charge is 2.01. The summed E-state index contributed by atoms with van der Waals surface area (Å²) in [5.41, 5.74) is 0. The van der Waals surface area contributed by atoms with Crippen LogP contribution in [0.25, 0.3) is 0 Å². The van der Waals surface area contributed by atoms with Crippen molar-refractivity contribution in [1.82, 2.24) is 10.2 Å². The summed E-state index contributed by atoms with van der Waals surface area (Å²) in [6.45, 7) is 1.63. The molecule has 0 saturated carbocycles. The zero-order chi connectivity index (χ0) is 11.1. The number of nitrogens with zero attached hydrogens (tertiary/aromatic N) is 1. The molecular formula is C11H18N2OS. The van der Waals surface area contributed by atoms with Gasteiger partial charge in [0.1, 0.15) is 0 Å². The van der Waals surface area contributed by atoms with Crippen LogP contribution in [-0.2, 0) is 11.3 Å². The van der Waals surface area contributed by atoms with E-state index in [0.717, 1.165) is 13.0 Å². The molecule has 0 unspecified atom stereocenters. The molecule has 1 N–H and O–H groups in total. The first-order valence-corrected chi connectivity index (χ1v) is 6.00.